The molecule has 64 heavy (non-hydrogen) atoms. The van der Waals surface area contributed by atoms with Gasteiger partial charge in [0.2, 0.25) is 0 Å². The normalized spacial score (nSPS) is 12.2. The molecule has 0 atom stereocenters. The Morgan fingerprint density at radius 3 is 0.875 bits per heavy atom. The molecule has 0 N–H and O–H groups in total. The first-order valence-electron chi connectivity index (χ1n) is 22.5. The summed E-state index contributed by atoms with van der Waals surface area (Å²) in [5.74, 6) is 0. The number of hydrogen-bond acceptors (Lipinski definition) is 2. The highest BCUT2D eigenvalue weighted by atomic mass is 15.1. The minimum absolute atomic E-state index is 0.0851. The van der Waals surface area contributed by atoms with Gasteiger partial charge in [-0.3, -0.25) is 0 Å². The second kappa shape index (κ2) is 16.4. The van der Waals surface area contributed by atoms with Crippen molar-refractivity contribution in [1.29, 1.82) is 0 Å². The Hall–Kier alpha value is -7.42. The van der Waals surface area contributed by atoms with E-state index in [0.717, 1.165) is 34.1 Å². The molecule has 0 spiro atoms. The lowest BCUT2D eigenvalue weighted by molar-refractivity contribution is 0.590. The van der Waals surface area contributed by atoms with Crippen molar-refractivity contribution >= 4 is 89.4 Å². The summed E-state index contributed by atoms with van der Waals surface area (Å²) in [6, 6.07) is 76.0. The van der Waals surface area contributed by atoms with E-state index in [1.807, 2.05) is 0 Å². The lowest BCUT2D eigenvalue weighted by atomic mass is 9.87. The van der Waals surface area contributed by atoms with Crippen LogP contribution in [0.2, 0.25) is 0 Å². The summed E-state index contributed by atoms with van der Waals surface area (Å²) >= 11 is 0. The van der Waals surface area contributed by atoms with Crippen LogP contribution in [0.25, 0.3) is 55.2 Å². The summed E-state index contributed by atoms with van der Waals surface area (Å²) in [6.07, 6.45) is 4.45. The number of hydrogen-bond donors (Lipinski definition) is 0. The van der Waals surface area contributed by atoms with Crippen LogP contribution in [0, 0.1) is 0 Å². The quantitative estimate of drug-likeness (QED) is 0.141. The van der Waals surface area contributed by atoms with E-state index >= 15 is 0 Å². The number of anilines is 6. The van der Waals surface area contributed by atoms with Gasteiger partial charge in [0.15, 0.2) is 0 Å². The van der Waals surface area contributed by atoms with Crippen LogP contribution in [-0.4, -0.2) is 0 Å². The Balaban J connectivity index is 0.934. The Morgan fingerprint density at radius 2 is 0.531 bits per heavy atom. The highest BCUT2D eigenvalue weighted by molar-refractivity contribution is 5.96. The number of nitrogens with zero attached hydrogens (tertiary/aromatic N) is 2. The van der Waals surface area contributed by atoms with E-state index in [-0.39, 0.29) is 10.8 Å². The molecule has 0 fully saturated rings. The third kappa shape index (κ3) is 8.28. The van der Waals surface area contributed by atoms with Crippen LogP contribution in [0.1, 0.15) is 63.8 Å². The van der Waals surface area contributed by atoms with Crippen LogP contribution in [-0.2, 0) is 10.8 Å². The standard InChI is InChI=1S/C62H54N2/c1-61(2,3)53-25-33-55(34-26-53)63(57-29-21-45-11-7-9-13-47(45)39-57)59-31-23-49-37-43(17-19-51(49)41-59)15-16-44-18-20-52-42-60(32-24-50(52)38-44)64(56-35-27-54(28-36-56)62(4,5)6)58-30-22-46-12-8-10-14-48(46)40-58/h7-42H,1-6H3/b16-15+. The fraction of sp³-hybridized carbons (Fsp3) is 0.129. The van der Waals surface area contributed by atoms with Gasteiger partial charge in [-0.25, -0.2) is 0 Å². The van der Waals surface area contributed by atoms with Gasteiger partial charge < -0.3 is 9.80 Å². The van der Waals surface area contributed by atoms with E-state index in [2.05, 4.69) is 270 Å². The summed E-state index contributed by atoms with van der Waals surface area (Å²) in [7, 11) is 0. The largest absolute Gasteiger partial charge is 0.310 e. The molecule has 312 valence electrons. The van der Waals surface area contributed by atoms with Crippen LogP contribution in [0.4, 0.5) is 34.1 Å². The van der Waals surface area contributed by atoms with E-state index < -0.39 is 0 Å². The molecule has 0 aliphatic heterocycles. The fourth-order valence-corrected chi connectivity index (χ4v) is 8.93. The van der Waals surface area contributed by atoms with Crippen LogP contribution >= 0.6 is 0 Å². The molecule has 0 bridgehead atoms. The lowest BCUT2D eigenvalue weighted by Crippen LogP contribution is -2.13. The Bertz CT molecular complexity index is 3120. The maximum Gasteiger partial charge on any atom is 0.0468 e. The van der Waals surface area contributed by atoms with Crippen LogP contribution < -0.4 is 9.80 Å². The van der Waals surface area contributed by atoms with Gasteiger partial charge in [0.25, 0.3) is 0 Å². The molecule has 0 radical (unpaired) electrons. The predicted molar refractivity (Wildman–Crippen MR) is 279 cm³/mol. The Morgan fingerprint density at radius 1 is 0.266 bits per heavy atom. The first-order valence-corrected chi connectivity index (χ1v) is 22.5. The van der Waals surface area contributed by atoms with Crippen LogP contribution in [0.3, 0.4) is 0 Å². The van der Waals surface area contributed by atoms with Crippen LogP contribution in [0.5, 0.6) is 0 Å². The van der Waals surface area contributed by atoms with Gasteiger partial charge in [0.1, 0.15) is 0 Å². The SMILES string of the molecule is CC(C)(C)c1ccc(N(c2ccc3ccccc3c2)c2ccc3cc(/C=C/c4ccc5cc(N(c6ccc(C(C)(C)C)cc6)c6ccc7ccccc7c6)ccc5c4)ccc3c2)cc1. The average molecular weight is 827 g/mol. The van der Waals surface area contributed by atoms with Crippen molar-refractivity contribution in [2.45, 2.75) is 52.4 Å². The second-order valence-electron chi connectivity index (χ2n) is 19.2. The zero-order chi connectivity index (χ0) is 44.0. The summed E-state index contributed by atoms with van der Waals surface area (Å²) < 4.78 is 0. The van der Waals surface area contributed by atoms with E-state index in [9.17, 15) is 0 Å². The summed E-state index contributed by atoms with van der Waals surface area (Å²) in [5.41, 5.74) is 12.0. The molecule has 2 heteroatoms. The summed E-state index contributed by atoms with van der Waals surface area (Å²) in [4.78, 5) is 4.75. The smallest absolute Gasteiger partial charge is 0.0468 e. The zero-order valence-electron chi connectivity index (χ0n) is 37.7. The maximum atomic E-state index is 2.38. The third-order valence-corrected chi connectivity index (χ3v) is 12.6. The first-order chi connectivity index (χ1) is 30.9. The molecule has 0 aliphatic rings. The molecule has 2 nitrogen and oxygen atoms in total. The van der Waals surface area contributed by atoms with Gasteiger partial charge in [-0.1, -0.05) is 175 Å². The van der Waals surface area contributed by atoms with E-state index in [1.165, 1.54) is 65.3 Å². The van der Waals surface area contributed by atoms with Crippen molar-refractivity contribution in [1.82, 2.24) is 0 Å². The topological polar surface area (TPSA) is 6.48 Å². The van der Waals surface area contributed by atoms with Gasteiger partial charge in [-0.15, -0.1) is 0 Å². The molecule has 0 aromatic heterocycles. The first kappa shape index (κ1) is 40.6. The van der Waals surface area contributed by atoms with Crippen LogP contribution in [0.15, 0.2) is 206 Å². The molecule has 10 aromatic carbocycles. The molecule has 10 rings (SSSR count). The average Bonchev–Trinajstić information content (AvgIpc) is 3.30. The lowest BCUT2D eigenvalue weighted by Gasteiger charge is -2.27. The van der Waals surface area contributed by atoms with Crippen molar-refractivity contribution < 1.29 is 0 Å². The summed E-state index contributed by atoms with van der Waals surface area (Å²) in [5, 5.41) is 9.77. The monoisotopic (exact) mass is 826 g/mol. The van der Waals surface area contributed by atoms with Crippen molar-refractivity contribution in [2.24, 2.45) is 0 Å². The van der Waals surface area contributed by atoms with E-state index in [1.54, 1.807) is 0 Å². The van der Waals surface area contributed by atoms with Crippen molar-refractivity contribution in [2.75, 3.05) is 9.80 Å². The molecule has 10 aromatic rings. The molecular formula is C62H54N2. The Kier molecular flexibility index (Phi) is 10.4. The highest BCUT2D eigenvalue weighted by Crippen LogP contribution is 2.41. The molecule has 0 saturated heterocycles. The maximum absolute atomic E-state index is 2.38. The third-order valence-electron chi connectivity index (χ3n) is 12.6. The molecule has 0 heterocycles. The number of rotatable bonds is 8. The van der Waals surface area contributed by atoms with E-state index in [4.69, 9.17) is 0 Å². The van der Waals surface area contributed by atoms with Gasteiger partial charge in [-0.05, 0) is 161 Å². The fourth-order valence-electron chi connectivity index (χ4n) is 8.93. The Labute approximate surface area is 378 Å². The van der Waals surface area contributed by atoms with Gasteiger partial charge in [0.05, 0.1) is 0 Å². The van der Waals surface area contributed by atoms with Crippen molar-refractivity contribution in [3.8, 4) is 0 Å². The van der Waals surface area contributed by atoms with Crippen molar-refractivity contribution in [3.63, 3.8) is 0 Å². The second-order valence-corrected chi connectivity index (χ2v) is 19.2. The summed E-state index contributed by atoms with van der Waals surface area (Å²) in [6.45, 7) is 13.6. The molecule has 0 aliphatic carbocycles. The van der Waals surface area contributed by atoms with E-state index in [0.29, 0.717) is 0 Å². The molecule has 0 saturated carbocycles. The zero-order valence-corrected chi connectivity index (χ0v) is 37.7. The predicted octanol–water partition coefficient (Wildman–Crippen LogP) is 18.0. The number of fused-ring (bicyclic) bond motifs is 4. The minimum atomic E-state index is 0.0851. The van der Waals surface area contributed by atoms with Gasteiger partial charge >= 0.3 is 0 Å². The van der Waals surface area contributed by atoms with Gasteiger partial charge in [0, 0.05) is 34.1 Å². The molecular weight excluding hydrogens is 773 g/mol. The highest BCUT2D eigenvalue weighted by Gasteiger charge is 2.19. The minimum Gasteiger partial charge on any atom is -0.310 e. The molecule has 0 amide bonds. The molecule has 0 unspecified atom stereocenters. The number of benzene rings is 10. The van der Waals surface area contributed by atoms with Gasteiger partial charge in [-0.2, -0.15) is 0 Å². The van der Waals surface area contributed by atoms with Crippen molar-refractivity contribution in [3.05, 3.63) is 229 Å².